The summed E-state index contributed by atoms with van der Waals surface area (Å²) < 4.78 is 6.51. The van der Waals surface area contributed by atoms with Crippen molar-refractivity contribution in [2.24, 2.45) is 7.05 Å². The van der Waals surface area contributed by atoms with E-state index in [0.717, 1.165) is 5.69 Å². The van der Waals surface area contributed by atoms with E-state index in [-0.39, 0.29) is 5.92 Å². The zero-order valence-electron chi connectivity index (χ0n) is 14.1. The van der Waals surface area contributed by atoms with Gasteiger partial charge in [-0.15, -0.1) is 0 Å². The number of amides is 1. The fraction of sp³-hybridized carbons (Fsp3) is 0.353. The summed E-state index contributed by atoms with van der Waals surface area (Å²) in [5.74, 6) is -0.836. The van der Waals surface area contributed by atoms with Crippen molar-refractivity contribution in [2.75, 3.05) is 7.11 Å². The largest absolute Gasteiger partial charge is 0.497 e. The van der Waals surface area contributed by atoms with E-state index in [1.165, 1.54) is 11.8 Å². The van der Waals surface area contributed by atoms with Gasteiger partial charge in [-0.2, -0.15) is 5.10 Å². The number of carboxylic acids is 1. The number of hydrogen-bond acceptors (Lipinski definition) is 4. The molecular weight excluding hydrogens is 310 g/mol. The molecule has 0 spiro atoms. The van der Waals surface area contributed by atoms with Gasteiger partial charge in [-0.05, 0) is 29.7 Å². The molecule has 1 heterocycles. The molecule has 0 saturated carbocycles. The zero-order valence-corrected chi connectivity index (χ0v) is 14.1. The number of rotatable bonds is 6. The monoisotopic (exact) mass is 331 g/mol. The van der Waals surface area contributed by atoms with Gasteiger partial charge in [0.2, 0.25) is 0 Å². The van der Waals surface area contributed by atoms with Gasteiger partial charge in [0.05, 0.1) is 12.8 Å². The van der Waals surface area contributed by atoms with Gasteiger partial charge in [-0.25, -0.2) is 4.79 Å². The van der Waals surface area contributed by atoms with Gasteiger partial charge in [-0.1, -0.05) is 26.0 Å². The average Bonchev–Trinajstić information content (AvgIpc) is 2.94. The van der Waals surface area contributed by atoms with Gasteiger partial charge in [0, 0.05) is 7.05 Å². The first-order valence-electron chi connectivity index (χ1n) is 7.55. The molecule has 0 aliphatic carbocycles. The molecule has 1 aromatic heterocycles. The summed E-state index contributed by atoms with van der Waals surface area (Å²) in [7, 11) is 3.18. The molecule has 0 aliphatic rings. The molecule has 1 aromatic carbocycles. The Kier molecular flexibility index (Phi) is 5.23. The van der Waals surface area contributed by atoms with Gasteiger partial charge in [-0.3, -0.25) is 9.48 Å². The van der Waals surface area contributed by atoms with E-state index < -0.39 is 17.9 Å². The number of aromatic nitrogens is 2. The third kappa shape index (κ3) is 3.73. The lowest BCUT2D eigenvalue weighted by atomic mass is 10.1. The quantitative estimate of drug-likeness (QED) is 0.845. The topological polar surface area (TPSA) is 93.5 Å². The van der Waals surface area contributed by atoms with E-state index in [9.17, 15) is 14.7 Å². The number of nitrogens with one attached hydrogen (secondary N) is 1. The van der Waals surface area contributed by atoms with Crippen LogP contribution in [0.4, 0.5) is 0 Å². The number of aliphatic carboxylic acids is 1. The Labute approximate surface area is 140 Å². The van der Waals surface area contributed by atoms with Crippen molar-refractivity contribution >= 4 is 11.9 Å². The van der Waals surface area contributed by atoms with Crippen molar-refractivity contribution < 1.29 is 19.4 Å². The number of carbonyl (C=O) groups excluding carboxylic acids is 1. The van der Waals surface area contributed by atoms with Crippen LogP contribution in [0.5, 0.6) is 5.75 Å². The van der Waals surface area contributed by atoms with E-state index in [2.05, 4.69) is 10.4 Å². The summed E-state index contributed by atoms with van der Waals surface area (Å²) in [4.78, 5) is 24.0. The second-order valence-electron chi connectivity index (χ2n) is 5.75. The summed E-state index contributed by atoms with van der Waals surface area (Å²) in [5.41, 5.74) is 1.56. The van der Waals surface area contributed by atoms with Crippen molar-refractivity contribution in [3.8, 4) is 5.75 Å². The maximum atomic E-state index is 12.5. The summed E-state index contributed by atoms with van der Waals surface area (Å²) in [6, 6.07) is 7.05. The molecule has 24 heavy (non-hydrogen) atoms. The van der Waals surface area contributed by atoms with Gasteiger partial charge < -0.3 is 15.2 Å². The van der Waals surface area contributed by atoms with Crippen molar-refractivity contribution in [2.45, 2.75) is 25.8 Å². The summed E-state index contributed by atoms with van der Waals surface area (Å²) in [5, 5.41) is 16.3. The van der Waals surface area contributed by atoms with Crippen LogP contribution in [-0.4, -0.2) is 33.9 Å². The fourth-order valence-electron chi connectivity index (χ4n) is 2.27. The van der Waals surface area contributed by atoms with Crippen LogP contribution in [0.1, 0.15) is 47.6 Å². The van der Waals surface area contributed by atoms with Crippen molar-refractivity contribution in [3.63, 3.8) is 0 Å². The van der Waals surface area contributed by atoms with Gasteiger partial charge in [0.25, 0.3) is 5.91 Å². The molecule has 2 rings (SSSR count). The summed E-state index contributed by atoms with van der Waals surface area (Å²) >= 11 is 0. The lowest BCUT2D eigenvalue weighted by Crippen LogP contribution is -2.34. The molecule has 128 valence electrons. The maximum Gasteiger partial charge on any atom is 0.330 e. The molecule has 0 radical (unpaired) electrons. The number of carboxylic acid groups (broad SMARTS) is 1. The SMILES string of the molecule is COc1ccc(C(NC(=O)c2cc(C(C)C)nn2C)C(=O)O)cc1. The van der Waals surface area contributed by atoms with E-state index in [1.807, 2.05) is 13.8 Å². The van der Waals surface area contributed by atoms with Crippen LogP contribution >= 0.6 is 0 Å². The van der Waals surface area contributed by atoms with Crippen LogP contribution in [0.15, 0.2) is 30.3 Å². The number of carbonyl (C=O) groups is 2. The number of hydrogen-bond donors (Lipinski definition) is 2. The lowest BCUT2D eigenvalue weighted by Gasteiger charge is -2.15. The normalized spacial score (nSPS) is 12.0. The second-order valence-corrected chi connectivity index (χ2v) is 5.75. The van der Waals surface area contributed by atoms with Gasteiger partial charge >= 0.3 is 5.97 Å². The van der Waals surface area contributed by atoms with E-state index >= 15 is 0 Å². The van der Waals surface area contributed by atoms with E-state index in [4.69, 9.17) is 4.74 Å². The van der Waals surface area contributed by atoms with Crippen molar-refractivity contribution in [3.05, 3.63) is 47.3 Å². The van der Waals surface area contributed by atoms with E-state index in [0.29, 0.717) is 17.0 Å². The van der Waals surface area contributed by atoms with Crippen molar-refractivity contribution in [1.29, 1.82) is 0 Å². The first-order chi connectivity index (χ1) is 11.3. The molecule has 0 fully saturated rings. The summed E-state index contributed by atoms with van der Waals surface area (Å²) in [6.45, 7) is 3.95. The van der Waals surface area contributed by atoms with Crippen LogP contribution < -0.4 is 10.1 Å². The zero-order chi connectivity index (χ0) is 17.9. The number of methoxy groups -OCH3 is 1. The highest BCUT2D eigenvalue weighted by Crippen LogP contribution is 2.19. The van der Waals surface area contributed by atoms with Crippen LogP contribution in [-0.2, 0) is 11.8 Å². The van der Waals surface area contributed by atoms with E-state index in [1.54, 1.807) is 37.4 Å². The fourth-order valence-corrected chi connectivity index (χ4v) is 2.27. The Hall–Kier alpha value is -2.83. The standard InChI is InChI=1S/C17H21N3O4/c1-10(2)13-9-14(20(3)19-13)16(21)18-15(17(22)23)11-5-7-12(24-4)8-6-11/h5-10,15H,1-4H3,(H,18,21)(H,22,23). The Morgan fingerprint density at radius 2 is 1.88 bits per heavy atom. The molecule has 2 aromatic rings. The highest BCUT2D eigenvalue weighted by Gasteiger charge is 2.24. The third-order valence-corrected chi connectivity index (χ3v) is 3.69. The molecule has 0 bridgehead atoms. The smallest absolute Gasteiger partial charge is 0.330 e. The Morgan fingerprint density at radius 3 is 2.33 bits per heavy atom. The molecule has 0 saturated heterocycles. The second kappa shape index (κ2) is 7.16. The molecule has 1 atom stereocenters. The third-order valence-electron chi connectivity index (χ3n) is 3.69. The number of benzene rings is 1. The number of ether oxygens (including phenoxy) is 1. The minimum Gasteiger partial charge on any atom is -0.497 e. The molecule has 2 N–H and O–H groups in total. The highest BCUT2D eigenvalue weighted by atomic mass is 16.5. The Bertz CT molecular complexity index is 735. The molecule has 1 amide bonds. The van der Waals surface area contributed by atoms with Crippen molar-refractivity contribution in [1.82, 2.24) is 15.1 Å². The minimum absolute atomic E-state index is 0.176. The predicted molar refractivity (Wildman–Crippen MR) is 88.1 cm³/mol. The molecule has 7 heteroatoms. The number of nitrogens with zero attached hydrogens (tertiary/aromatic N) is 2. The number of aryl methyl sites for hydroxylation is 1. The molecule has 7 nitrogen and oxygen atoms in total. The van der Waals surface area contributed by atoms with Crippen LogP contribution in [0.25, 0.3) is 0 Å². The van der Waals surface area contributed by atoms with Gasteiger partial charge in [0.15, 0.2) is 6.04 Å². The van der Waals surface area contributed by atoms with Crippen LogP contribution in [0.3, 0.4) is 0 Å². The summed E-state index contributed by atoms with van der Waals surface area (Å²) in [6.07, 6.45) is 0. The maximum absolute atomic E-state index is 12.5. The predicted octanol–water partition coefficient (Wildman–Crippen LogP) is 2.11. The minimum atomic E-state index is -1.15. The molecule has 1 unspecified atom stereocenters. The van der Waals surface area contributed by atoms with Crippen LogP contribution in [0, 0.1) is 0 Å². The molecule has 0 aliphatic heterocycles. The average molecular weight is 331 g/mol. The molecular formula is C17H21N3O4. The first-order valence-corrected chi connectivity index (χ1v) is 7.55. The van der Waals surface area contributed by atoms with Crippen LogP contribution in [0.2, 0.25) is 0 Å². The highest BCUT2D eigenvalue weighted by molar-refractivity contribution is 5.95. The Morgan fingerprint density at radius 1 is 1.25 bits per heavy atom. The van der Waals surface area contributed by atoms with Gasteiger partial charge in [0.1, 0.15) is 11.4 Å². The Balaban J connectivity index is 2.24. The lowest BCUT2D eigenvalue weighted by molar-refractivity contribution is -0.139. The first kappa shape index (κ1) is 17.5.